The smallest absolute Gasteiger partial charge is 0.222 e. The fraction of sp³-hybridized carbons (Fsp3) is 0.500. The van der Waals surface area contributed by atoms with Crippen LogP contribution < -0.4 is 0 Å². The Balaban J connectivity index is 1.69. The Morgan fingerprint density at radius 1 is 1.25 bits per heavy atom. The van der Waals surface area contributed by atoms with Crippen LogP contribution >= 0.6 is 0 Å². The molecule has 1 aliphatic heterocycles. The molecule has 0 saturated carbocycles. The molecular weight excluding hydrogens is 298 g/mol. The molecule has 1 amide bonds. The summed E-state index contributed by atoms with van der Waals surface area (Å²) in [6, 6.07) is 10.2. The molecule has 1 aromatic heterocycles. The van der Waals surface area contributed by atoms with Crippen molar-refractivity contribution >= 4 is 5.91 Å². The summed E-state index contributed by atoms with van der Waals surface area (Å²) in [5.41, 5.74) is 4.44. The van der Waals surface area contributed by atoms with Crippen molar-refractivity contribution in [2.75, 3.05) is 13.1 Å². The maximum absolute atomic E-state index is 12.5. The molecule has 4 heteroatoms. The topological polar surface area (TPSA) is 38.1 Å². The van der Waals surface area contributed by atoms with Crippen molar-refractivity contribution in [1.29, 1.82) is 0 Å². The highest BCUT2D eigenvalue weighted by molar-refractivity contribution is 5.76. The van der Waals surface area contributed by atoms with E-state index in [1.54, 1.807) is 0 Å². The first-order valence-corrected chi connectivity index (χ1v) is 8.94. The van der Waals surface area contributed by atoms with Crippen molar-refractivity contribution in [3.05, 3.63) is 47.3 Å². The van der Waals surface area contributed by atoms with Crippen LogP contribution in [0.1, 0.15) is 43.1 Å². The minimum atomic E-state index is 0.285. The third-order valence-corrected chi connectivity index (χ3v) is 5.04. The molecule has 0 radical (unpaired) electrons. The first-order chi connectivity index (χ1) is 11.6. The van der Waals surface area contributed by atoms with Crippen LogP contribution in [-0.4, -0.2) is 33.7 Å². The van der Waals surface area contributed by atoms with Gasteiger partial charge in [0.1, 0.15) is 0 Å². The zero-order valence-electron chi connectivity index (χ0n) is 15.0. The third kappa shape index (κ3) is 3.53. The number of benzene rings is 1. The summed E-state index contributed by atoms with van der Waals surface area (Å²) in [4.78, 5) is 14.6. The van der Waals surface area contributed by atoms with Crippen LogP contribution in [0.3, 0.4) is 0 Å². The minimum absolute atomic E-state index is 0.285. The van der Waals surface area contributed by atoms with Gasteiger partial charge >= 0.3 is 0 Å². The van der Waals surface area contributed by atoms with E-state index >= 15 is 0 Å². The number of carbonyl (C=O) groups excluding carboxylic acids is 1. The second-order valence-electron chi connectivity index (χ2n) is 6.98. The number of hydrogen-bond donors (Lipinski definition) is 0. The van der Waals surface area contributed by atoms with Gasteiger partial charge in [0.2, 0.25) is 5.91 Å². The van der Waals surface area contributed by atoms with E-state index in [2.05, 4.69) is 31.1 Å². The van der Waals surface area contributed by atoms with Crippen LogP contribution in [0.2, 0.25) is 0 Å². The van der Waals surface area contributed by atoms with Crippen molar-refractivity contribution in [2.24, 2.45) is 5.92 Å². The van der Waals surface area contributed by atoms with Gasteiger partial charge in [0, 0.05) is 25.2 Å². The lowest BCUT2D eigenvalue weighted by molar-refractivity contribution is -0.132. The van der Waals surface area contributed by atoms with E-state index in [0.717, 1.165) is 43.0 Å². The van der Waals surface area contributed by atoms with Crippen LogP contribution in [0.15, 0.2) is 30.3 Å². The number of likely N-dealkylation sites (tertiary alicyclic amines) is 1. The molecule has 24 heavy (non-hydrogen) atoms. The van der Waals surface area contributed by atoms with E-state index in [1.165, 1.54) is 12.0 Å². The summed E-state index contributed by atoms with van der Waals surface area (Å²) in [7, 11) is 0. The predicted octanol–water partition coefficient (Wildman–Crippen LogP) is 3.68. The second-order valence-corrected chi connectivity index (χ2v) is 6.98. The summed E-state index contributed by atoms with van der Waals surface area (Å²) < 4.78 is 1.98. The maximum Gasteiger partial charge on any atom is 0.222 e. The Morgan fingerprint density at radius 3 is 2.71 bits per heavy atom. The van der Waals surface area contributed by atoms with Crippen molar-refractivity contribution in [2.45, 2.75) is 46.5 Å². The molecule has 2 heterocycles. The fourth-order valence-electron chi connectivity index (χ4n) is 3.66. The Morgan fingerprint density at radius 2 is 2.00 bits per heavy atom. The van der Waals surface area contributed by atoms with Gasteiger partial charge in [-0.05, 0) is 56.7 Å². The van der Waals surface area contributed by atoms with Gasteiger partial charge < -0.3 is 4.90 Å². The average Bonchev–Trinajstić information content (AvgIpc) is 2.88. The van der Waals surface area contributed by atoms with Crippen molar-refractivity contribution in [3.8, 4) is 5.69 Å². The van der Waals surface area contributed by atoms with Gasteiger partial charge in [0.15, 0.2) is 0 Å². The number of carbonyl (C=O) groups is 1. The number of aromatic nitrogens is 2. The van der Waals surface area contributed by atoms with Gasteiger partial charge in [-0.1, -0.05) is 25.1 Å². The van der Waals surface area contributed by atoms with E-state index in [1.807, 2.05) is 34.7 Å². The van der Waals surface area contributed by atoms with Crippen LogP contribution in [-0.2, 0) is 11.2 Å². The number of para-hydroxylation sites is 1. The Labute approximate surface area is 144 Å². The van der Waals surface area contributed by atoms with Crippen LogP contribution in [0, 0.1) is 19.8 Å². The molecule has 128 valence electrons. The number of hydrogen-bond acceptors (Lipinski definition) is 2. The molecule has 0 N–H and O–H groups in total. The summed E-state index contributed by atoms with van der Waals surface area (Å²) in [6.07, 6.45) is 3.73. The number of aryl methyl sites for hydroxylation is 1. The molecular formula is C20H27N3O. The van der Waals surface area contributed by atoms with Gasteiger partial charge in [0.25, 0.3) is 0 Å². The van der Waals surface area contributed by atoms with Crippen LogP contribution in [0.4, 0.5) is 0 Å². The zero-order valence-corrected chi connectivity index (χ0v) is 15.0. The van der Waals surface area contributed by atoms with Crippen LogP contribution in [0.5, 0.6) is 0 Å². The monoisotopic (exact) mass is 325 g/mol. The molecule has 0 spiro atoms. The first kappa shape index (κ1) is 16.7. The molecule has 2 aromatic rings. The van der Waals surface area contributed by atoms with E-state index in [4.69, 9.17) is 0 Å². The SMILES string of the molecule is Cc1nn(-c2ccccc2)c(C)c1CCC(=O)N1CCCC(C)C1. The maximum atomic E-state index is 12.5. The third-order valence-electron chi connectivity index (χ3n) is 5.04. The highest BCUT2D eigenvalue weighted by Crippen LogP contribution is 2.21. The Kier molecular flexibility index (Phi) is 5.03. The van der Waals surface area contributed by atoms with Crippen molar-refractivity contribution in [1.82, 2.24) is 14.7 Å². The van der Waals surface area contributed by atoms with E-state index < -0.39 is 0 Å². The first-order valence-electron chi connectivity index (χ1n) is 8.94. The Bertz CT molecular complexity index is 705. The number of piperidine rings is 1. The van der Waals surface area contributed by atoms with Crippen LogP contribution in [0.25, 0.3) is 5.69 Å². The van der Waals surface area contributed by atoms with Gasteiger partial charge in [0.05, 0.1) is 11.4 Å². The number of nitrogens with zero attached hydrogens (tertiary/aromatic N) is 3. The highest BCUT2D eigenvalue weighted by atomic mass is 16.2. The molecule has 1 fully saturated rings. The second kappa shape index (κ2) is 7.20. The quantitative estimate of drug-likeness (QED) is 0.860. The van der Waals surface area contributed by atoms with E-state index in [-0.39, 0.29) is 5.91 Å². The summed E-state index contributed by atoms with van der Waals surface area (Å²) in [5.74, 6) is 0.916. The van der Waals surface area contributed by atoms with Gasteiger partial charge in [-0.25, -0.2) is 4.68 Å². The molecule has 0 aliphatic carbocycles. The van der Waals surface area contributed by atoms with Gasteiger partial charge in [-0.15, -0.1) is 0 Å². The lowest BCUT2D eigenvalue weighted by atomic mass is 9.99. The normalized spacial score (nSPS) is 18.0. The molecule has 1 saturated heterocycles. The standard InChI is InChI=1S/C20H27N3O/c1-15-8-7-13-22(14-15)20(24)12-11-19-16(2)21-23(17(19)3)18-9-5-4-6-10-18/h4-6,9-10,15H,7-8,11-14H2,1-3H3. The van der Waals surface area contributed by atoms with Crippen molar-refractivity contribution < 1.29 is 4.79 Å². The lowest BCUT2D eigenvalue weighted by Gasteiger charge is -2.31. The minimum Gasteiger partial charge on any atom is -0.342 e. The average molecular weight is 325 g/mol. The molecule has 0 bridgehead atoms. The lowest BCUT2D eigenvalue weighted by Crippen LogP contribution is -2.39. The fourth-order valence-corrected chi connectivity index (χ4v) is 3.66. The number of amides is 1. The largest absolute Gasteiger partial charge is 0.342 e. The molecule has 1 aliphatic rings. The zero-order chi connectivity index (χ0) is 17.1. The highest BCUT2D eigenvalue weighted by Gasteiger charge is 2.21. The van der Waals surface area contributed by atoms with Gasteiger partial charge in [-0.2, -0.15) is 5.10 Å². The molecule has 4 nitrogen and oxygen atoms in total. The molecule has 3 rings (SSSR count). The molecule has 1 aromatic carbocycles. The Hall–Kier alpha value is -2.10. The predicted molar refractivity (Wildman–Crippen MR) is 96.3 cm³/mol. The van der Waals surface area contributed by atoms with Gasteiger partial charge in [-0.3, -0.25) is 4.79 Å². The van der Waals surface area contributed by atoms with E-state index in [9.17, 15) is 4.79 Å². The number of rotatable bonds is 4. The van der Waals surface area contributed by atoms with E-state index in [0.29, 0.717) is 12.3 Å². The summed E-state index contributed by atoms with van der Waals surface area (Å²) in [5, 5.41) is 4.67. The molecule has 1 unspecified atom stereocenters. The summed E-state index contributed by atoms with van der Waals surface area (Å²) in [6.45, 7) is 8.20. The van der Waals surface area contributed by atoms with Crippen molar-refractivity contribution in [3.63, 3.8) is 0 Å². The summed E-state index contributed by atoms with van der Waals surface area (Å²) >= 11 is 0. The molecule has 1 atom stereocenters.